The van der Waals surface area contributed by atoms with Crippen LogP contribution >= 0.6 is 0 Å². The lowest BCUT2D eigenvalue weighted by Gasteiger charge is -2.38. The smallest absolute Gasteiger partial charge is 0.321 e. The van der Waals surface area contributed by atoms with Crippen LogP contribution in [0.2, 0.25) is 0 Å². The first-order valence-electron chi connectivity index (χ1n) is 12.4. The number of nitrogens with one attached hydrogen (secondary N) is 1. The van der Waals surface area contributed by atoms with E-state index in [0.29, 0.717) is 58.2 Å². The summed E-state index contributed by atoms with van der Waals surface area (Å²) >= 11 is 0. The van der Waals surface area contributed by atoms with E-state index in [0.717, 1.165) is 28.2 Å². The van der Waals surface area contributed by atoms with Crippen LogP contribution in [0.15, 0.2) is 59.5 Å². The fourth-order valence-corrected chi connectivity index (χ4v) is 4.85. The largest absolute Gasteiger partial charge is 0.378 e. The van der Waals surface area contributed by atoms with Gasteiger partial charge in [0.25, 0.3) is 5.56 Å². The number of para-hydroxylation sites is 2. The van der Waals surface area contributed by atoms with E-state index in [9.17, 15) is 9.59 Å². The molecule has 3 aromatic rings. The van der Waals surface area contributed by atoms with Gasteiger partial charge in [0.1, 0.15) is 5.69 Å². The lowest BCUT2D eigenvalue weighted by atomic mass is 10.1. The van der Waals surface area contributed by atoms with Gasteiger partial charge in [-0.05, 0) is 37.1 Å². The Morgan fingerprint density at radius 3 is 2.19 bits per heavy atom. The van der Waals surface area contributed by atoms with Crippen molar-refractivity contribution in [3.8, 4) is 5.69 Å². The fourth-order valence-electron chi connectivity index (χ4n) is 4.85. The number of nitrogens with zero attached hydrogens (tertiary/aromatic N) is 5. The highest BCUT2D eigenvalue weighted by Crippen LogP contribution is 2.28. The Morgan fingerprint density at radius 1 is 0.861 bits per heavy atom. The minimum absolute atomic E-state index is 0.0990. The number of ether oxygens (including phenoxy) is 1. The van der Waals surface area contributed by atoms with E-state index in [2.05, 4.69) is 20.2 Å². The molecule has 2 aromatic carbocycles. The van der Waals surface area contributed by atoms with Crippen LogP contribution in [0.5, 0.6) is 0 Å². The Bertz CT molecular complexity index is 1260. The molecular formula is C27H32N6O3. The van der Waals surface area contributed by atoms with Crippen LogP contribution < -0.4 is 20.7 Å². The standard InChI is InChI=1S/C27H32N6O3/c1-20-7-6-8-21(2)24(20)29-27(35)32-13-11-30(12-14-32)23-19-28-33(22-9-4-3-5-10-22)26(34)25(23)31-15-17-36-18-16-31/h3-10,19H,11-18H2,1-2H3,(H,29,35). The molecule has 1 aromatic heterocycles. The first kappa shape index (κ1) is 23.9. The Kier molecular flexibility index (Phi) is 6.90. The highest BCUT2D eigenvalue weighted by atomic mass is 16.5. The second-order valence-electron chi connectivity index (χ2n) is 9.20. The molecule has 2 aliphatic rings. The first-order chi connectivity index (χ1) is 17.5. The number of morpholine rings is 1. The van der Waals surface area contributed by atoms with Gasteiger partial charge < -0.3 is 24.8 Å². The number of urea groups is 1. The number of carbonyl (C=O) groups excluding carboxylic acids is 1. The second kappa shape index (κ2) is 10.4. The van der Waals surface area contributed by atoms with E-state index in [1.54, 1.807) is 6.20 Å². The summed E-state index contributed by atoms with van der Waals surface area (Å²) in [6.07, 6.45) is 1.78. The number of carbonyl (C=O) groups is 1. The van der Waals surface area contributed by atoms with Gasteiger partial charge in [-0.1, -0.05) is 36.4 Å². The van der Waals surface area contributed by atoms with Crippen molar-refractivity contribution < 1.29 is 9.53 Å². The van der Waals surface area contributed by atoms with Gasteiger partial charge in [-0.2, -0.15) is 9.78 Å². The number of rotatable bonds is 4. The van der Waals surface area contributed by atoms with Gasteiger partial charge in [-0.25, -0.2) is 4.79 Å². The zero-order chi connectivity index (χ0) is 25.1. The summed E-state index contributed by atoms with van der Waals surface area (Å²) in [5, 5.41) is 7.60. The minimum Gasteiger partial charge on any atom is -0.378 e. The maximum absolute atomic E-state index is 13.7. The zero-order valence-electron chi connectivity index (χ0n) is 20.8. The summed E-state index contributed by atoms with van der Waals surface area (Å²) < 4.78 is 7.00. The van der Waals surface area contributed by atoms with E-state index >= 15 is 0 Å². The number of aromatic nitrogens is 2. The molecule has 2 saturated heterocycles. The van der Waals surface area contributed by atoms with Crippen molar-refractivity contribution in [3.05, 3.63) is 76.2 Å². The predicted molar refractivity (Wildman–Crippen MR) is 142 cm³/mol. The molecule has 0 unspecified atom stereocenters. The van der Waals surface area contributed by atoms with Gasteiger partial charge in [-0.15, -0.1) is 0 Å². The van der Waals surface area contributed by atoms with Crippen molar-refractivity contribution in [3.63, 3.8) is 0 Å². The van der Waals surface area contributed by atoms with E-state index in [-0.39, 0.29) is 11.6 Å². The molecule has 0 bridgehead atoms. The maximum Gasteiger partial charge on any atom is 0.321 e. The summed E-state index contributed by atoms with van der Waals surface area (Å²) in [5.74, 6) is 0. The first-order valence-corrected chi connectivity index (χ1v) is 12.4. The third kappa shape index (κ3) is 4.79. The average Bonchev–Trinajstić information content (AvgIpc) is 2.91. The van der Waals surface area contributed by atoms with Crippen LogP contribution in [0.25, 0.3) is 5.69 Å². The van der Waals surface area contributed by atoms with Gasteiger partial charge >= 0.3 is 6.03 Å². The van der Waals surface area contributed by atoms with Gasteiger partial charge in [0.05, 0.1) is 30.8 Å². The van der Waals surface area contributed by atoms with Gasteiger partial charge in [0.2, 0.25) is 0 Å². The predicted octanol–water partition coefficient (Wildman–Crippen LogP) is 3.04. The van der Waals surface area contributed by atoms with E-state index in [1.165, 1.54) is 4.68 Å². The molecule has 2 amide bonds. The fraction of sp³-hybridized carbons (Fsp3) is 0.370. The molecule has 5 rings (SSSR count). The van der Waals surface area contributed by atoms with Crippen molar-refractivity contribution in [2.75, 3.05) is 67.6 Å². The van der Waals surface area contributed by atoms with Crippen molar-refractivity contribution in [1.82, 2.24) is 14.7 Å². The van der Waals surface area contributed by atoms with E-state index in [1.807, 2.05) is 67.3 Å². The van der Waals surface area contributed by atoms with Crippen molar-refractivity contribution in [2.24, 2.45) is 0 Å². The Labute approximate surface area is 210 Å². The molecule has 0 radical (unpaired) electrons. The molecule has 188 valence electrons. The van der Waals surface area contributed by atoms with Gasteiger partial charge in [0, 0.05) is 45.0 Å². The van der Waals surface area contributed by atoms with Crippen LogP contribution in [-0.4, -0.2) is 73.2 Å². The van der Waals surface area contributed by atoms with Crippen molar-refractivity contribution in [1.29, 1.82) is 0 Å². The summed E-state index contributed by atoms with van der Waals surface area (Å²) in [7, 11) is 0. The van der Waals surface area contributed by atoms with Crippen LogP contribution in [0.3, 0.4) is 0 Å². The number of aryl methyl sites for hydroxylation is 2. The third-order valence-electron chi connectivity index (χ3n) is 6.88. The van der Waals surface area contributed by atoms with Gasteiger partial charge in [-0.3, -0.25) is 4.79 Å². The van der Waals surface area contributed by atoms with Crippen LogP contribution in [0.4, 0.5) is 21.9 Å². The zero-order valence-corrected chi connectivity index (χ0v) is 20.8. The Balaban J connectivity index is 1.37. The molecule has 2 aliphatic heterocycles. The third-order valence-corrected chi connectivity index (χ3v) is 6.88. The molecule has 0 saturated carbocycles. The summed E-state index contributed by atoms with van der Waals surface area (Å²) in [6, 6.07) is 15.4. The number of hydrogen-bond donors (Lipinski definition) is 1. The molecule has 9 heteroatoms. The van der Waals surface area contributed by atoms with Crippen LogP contribution in [0.1, 0.15) is 11.1 Å². The lowest BCUT2D eigenvalue weighted by Crippen LogP contribution is -2.51. The van der Waals surface area contributed by atoms with Crippen molar-refractivity contribution in [2.45, 2.75) is 13.8 Å². The number of piperazine rings is 1. The maximum atomic E-state index is 13.7. The number of benzene rings is 2. The minimum atomic E-state index is -0.143. The summed E-state index contributed by atoms with van der Waals surface area (Å²) in [6.45, 7) is 8.82. The number of amides is 2. The number of anilines is 3. The number of hydrogen-bond acceptors (Lipinski definition) is 6. The molecule has 3 heterocycles. The Morgan fingerprint density at radius 2 is 1.53 bits per heavy atom. The average molecular weight is 489 g/mol. The lowest BCUT2D eigenvalue weighted by molar-refractivity contribution is 0.122. The summed E-state index contributed by atoms with van der Waals surface area (Å²) in [4.78, 5) is 32.8. The molecule has 0 atom stereocenters. The molecule has 1 N–H and O–H groups in total. The quantitative estimate of drug-likeness (QED) is 0.608. The molecule has 36 heavy (non-hydrogen) atoms. The second-order valence-corrected chi connectivity index (χ2v) is 9.20. The van der Waals surface area contributed by atoms with Crippen LogP contribution in [0, 0.1) is 13.8 Å². The molecule has 2 fully saturated rings. The molecule has 0 aliphatic carbocycles. The molecule has 9 nitrogen and oxygen atoms in total. The van der Waals surface area contributed by atoms with Gasteiger partial charge in [0.15, 0.2) is 0 Å². The SMILES string of the molecule is Cc1cccc(C)c1NC(=O)N1CCN(c2cnn(-c3ccccc3)c(=O)c2N2CCOCC2)CC1. The van der Waals surface area contributed by atoms with Crippen LogP contribution in [-0.2, 0) is 4.74 Å². The van der Waals surface area contributed by atoms with Crippen molar-refractivity contribution >= 4 is 23.1 Å². The van der Waals surface area contributed by atoms with E-state index < -0.39 is 0 Å². The normalized spacial score (nSPS) is 16.2. The topological polar surface area (TPSA) is 82.9 Å². The molecule has 0 spiro atoms. The highest BCUT2D eigenvalue weighted by molar-refractivity contribution is 5.91. The molecular weight excluding hydrogens is 456 g/mol. The Hall–Kier alpha value is -3.85. The van der Waals surface area contributed by atoms with E-state index in [4.69, 9.17) is 4.74 Å². The summed E-state index contributed by atoms with van der Waals surface area (Å²) in [5.41, 5.74) is 5.00. The monoisotopic (exact) mass is 488 g/mol. The highest BCUT2D eigenvalue weighted by Gasteiger charge is 2.28.